The second kappa shape index (κ2) is 6.63. The van der Waals surface area contributed by atoms with Gasteiger partial charge >= 0.3 is 0 Å². The summed E-state index contributed by atoms with van der Waals surface area (Å²) in [5, 5.41) is 3.33. The molecule has 2 rings (SSSR count). The fraction of sp³-hybridized carbons (Fsp3) is 0.267. The van der Waals surface area contributed by atoms with Crippen molar-refractivity contribution in [3.05, 3.63) is 65.5 Å². The number of sulfone groups is 1. The topological polar surface area (TPSA) is 59.1 Å². The van der Waals surface area contributed by atoms with E-state index >= 15 is 0 Å². The van der Waals surface area contributed by atoms with E-state index in [1.54, 1.807) is 6.20 Å². The van der Waals surface area contributed by atoms with E-state index in [0.29, 0.717) is 0 Å². The molecular weight excluding hydrogens is 272 g/mol. The van der Waals surface area contributed by atoms with E-state index in [0.717, 1.165) is 29.8 Å². The monoisotopic (exact) mass is 290 g/mol. The van der Waals surface area contributed by atoms with Gasteiger partial charge in [0.25, 0.3) is 0 Å². The predicted octanol–water partition coefficient (Wildman–Crippen LogP) is 1.92. The Kier molecular flexibility index (Phi) is 4.87. The van der Waals surface area contributed by atoms with Gasteiger partial charge in [0.05, 0.1) is 5.75 Å². The van der Waals surface area contributed by atoms with Gasteiger partial charge in [-0.15, -0.1) is 0 Å². The normalized spacial score (nSPS) is 11.4. The molecule has 0 radical (unpaired) electrons. The number of nitrogens with zero attached hydrogens (tertiary/aromatic N) is 1. The first kappa shape index (κ1) is 14.7. The zero-order chi connectivity index (χ0) is 14.4. The average molecular weight is 290 g/mol. The van der Waals surface area contributed by atoms with Crippen molar-refractivity contribution in [3.63, 3.8) is 0 Å². The van der Waals surface area contributed by atoms with Crippen LogP contribution < -0.4 is 5.32 Å². The molecule has 0 bridgehead atoms. The van der Waals surface area contributed by atoms with Gasteiger partial charge in [-0.05, 0) is 22.8 Å². The van der Waals surface area contributed by atoms with Crippen LogP contribution in [0.5, 0.6) is 0 Å². The zero-order valence-electron chi connectivity index (χ0n) is 11.4. The van der Waals surface area contributed by atoms with Crippen molar-refractivity contribution in [2.75, 3.05) is 6.26 Å². The Morgan fingerprint density at radius 2 is 1.65 bits per heavy atom. The molecule has 2 aromatic rings. The van der Waals surface area contributed by atoms with Crippen molar-refractivity contribution in [2.45, 2.75) is 18.8 Å². The average Bonchev–Trinajstić information content (AvgIpc) is 2.40. The summed E-state index contributed by atoms with van der Waals surface area (Å²) in [6.45, 7) is 1.51. The highest BCUT2D eigenvalue weighted by molar-refractivity contribution is 7.89. The maximum atomic E-state index is 11.2. The van der Waals surface area contributed by atoms with Gasteiger partial charge in [0, 0.05) is 31.7 Å². The summed E-state index contributed by atoms with van der Waals surface area (Å²) in [5.41, 5.74) is 3.09. The Morgan fingerprint density at radius 3 is 2.25 bits per heavy atom. The van der Waals surface area contributed by atoms with Gasteiger partial charge in [-0.25, -0.2) is 8.42 Å². The number of hydrogen-bond acceptors (Lipinski definition) is 4. The lowest BCUT2D eigenvalue weighted by molar-refractivity contribution is 0.601. The minimum Gasteiger partial charge on any atom is -0.309 e. The molecular formula is C15H18N2O2S. The molecule has 0 amide bonds. The molecule has 0 aliphatic carbocycles. The van der Waals surface area contributed by atoms with Crippen LogP contribution in [0, 0.1) is 0 Å². The number of pyridine rings is 1. The summed E-state index contributed by atoms with van der Waals surface area (Å²) >= 11 is 0. The Hall–Kier alpha value is -1.72. The molecule has 0 atom stereocenters. The second-order valence-corrected chi connectivity index (χ2v) is 6.99. The van der Waals surface area contributed by atoms with Crippen LogP contribution in [-0.2, 0) is 28.7 Å². The fourth-order valence-corrected chi connectivity index (χ4v) is 2.71. The molecule has 1 N–H and O–H groups in total. The lowest BCUT2D eigenvalue weighted by Crippen LogP contribution is -2.12. The largest absolute Gasteiger partial charge is 0.309 e. The highest BCUT2D eigenvalue weighted by Crippen LogP contribution is 2.08. The summed E-state index contributed by atoms with van der Waals surface area (Å²) in [6.07, 6.45) is 4.84. The number of rotatable bonds is 6. The van der Waals surface area contributed by atoms with Gasteiger partial charge in [0.2, 0.25) is 0 Å². The lowest BCUT2D eigenvalue weighted by atomic mass is 10.1. The van der Waals surface area contributed by atoms with Crippen LogP contribution in [0.25, 0.3) is 0 Å². The Labute approximate surface area is 119 Å². The van der Waals surface area contributed by atoms with Gasteiger partial charge in [-0.1, -0.05) is 30.3 Å². The van der Waals surface area contributed by atoms with E-state index in [-0.39, 0.29) is 5.75 Å². The van der Waals surface area contributed by atoms with Crippen LogP contribution in [0.2, 0.25) is 0 Å². The Morgan fingerprint density at radius 1 is 1.00 bits per heavy atom. The summed E-state index contributed by atoms with van der Waals surface area (Å²) in [5.74, 6) is 0.0936. The van der Waals surface area contributed by atoms with Gasteiger partial charge in [-0.3, -0.25) is 4.98 Å². The SMILES string of the molecule is CS(=O)(=O)Cc1ccc(CNCc2cccnc2)cc1. The smallest absolute Gasteiger partial charge is 0.151 e. The minimum absolute atomic E-state index is 0.0936. The number of benzene rings is 1. The molecule has 1 aromatic carbocycles. The fourth-order valence-electron chi connectivity index (χ4n) is 1.91. The van der Waals surface area contributed by atoms with Crippen molar-refractivity contribution in [1.82, 2.24) is 10.3 Å². The number of aromatic nitrogens is 1. The van der Waals surface area contributed by atoms with E-state index in [1.807, 2.05) is 42.6 Å². The zero-order valence-corrected chi connectivity index (χ0v) is 12.2. The van der Waals surface area contributed by atoms with Crippen LogP contribution in [0.1, 0.15) is 16.7 Å². The summed E-state index contributed by atoms with van der Waals surface area (Å²) in [4.78, 5) is 4.06. The maximum absolute atomic E-state index is 11.2. The molecule has 0 saturated heterocycles. The summed E-state index contributed by atoms with van der Waals surface area (Å²) in [7, 11) is -2.97. The maximum Gasteiger partial charge on any atom is 0.151 e. The van der Waals surface area contributed by atoms with E-state index in [2.05, 4.69) is 10.3 Å². The number of hydrogen-bond donors (Lipinski definition) is 1. The van der Waals surface area contributed by atoms with Crippen LogP contribution in [-0.4, -0.2) is 19.7 Å². The standard InChI is InChI=1S/C15H18N2O2S/c1-20(18,19)12-14-6-4-13(5-7-14)9-17-11-15-3-2-8-16-10-15/h2-8,10,17H,9,11-12H2,1H3. The molecule has 0 spiro atoms. The summed E-state index contributed by atoms with van der Waals surface area (Å²) in [6, 6.07) is 11.6. The second-order valence-electron chi connectivity index (χ2n) is 4.85. The van der Waals surface area contributed by atoms with Gasteiger partial charge in [-0.2, -0.15) is 0 Å². The highest BCUT2D eigenvalue weighted by atomic mass is 32.2. The van der Waals surface area contributed by atoms with Crippen molar-refractivity contribution in [2.24, 2.45) is 0 Å². The van der Waals surface area contributed by atoms with E-state index in [4.69, 9.17) is 0 Å². The van der Waals surface area contributed by atoms with Gasteiger partial charge < -0.3 is 5.32 Å². The van der Waals surface area contributed by atoms with Crippen LogP contribution in [0.3, 0.4) is 0 Å². The third-order valence-electron chi connectivity index (χ3n) is 2.83. The van der Waals surface area contributed by atoms with Crippen molar-refractivity contribution >= 4 is 9.84 Å². The van der Waals surface area contributed by atoms with E-state index in [1.165, 1.54) is 6.26 Å². The molecule has 0 unspecified atom stereocenters. The van der Waals surface area contributed by atoms with Gasteiger partial charge in [0.15, 0.2) is 9.84 Å². The van der Waals surface area contributed by atoms with Crippen LogP contribution >= 0.6 is 0 Å². The first-order valence-corrected chi connectivity index (χ1v) is 8.44. The molecule has 1 heterocycles. The predicted molar refractivity (Wildman–Crippen MR) is 79.8 cm³/mol. The first-order valence-electron chi connectivity index (χ1n) is 6.38. The van der Waals surface area contributed by atoms with Crippen LogP contribution in [0.15, 0.2) is 48.8 Å². The molecule has 20 heavy (non-hydrogen) atoms. The van der Waals surface area contributed by atoms with Gasteiger partial charge in [0.1, 0.15) is 0 Å². The summed E-state index contributed by atoms with van der Waals surface area (Å²) < 4.78 is 22.4. The quantitative estimate of drug-likeness (QED) is 0.883. The third kappa shape index (κ3) is 5.11. The van der Waals surface area contributed by atoms with E-state index in [9.17, 15) is 8.42 Å². The molecule has 1 aromatic heterocycles. The minimum atomic E-state index is -2.97. The van der Waals surface area contributed by atoms with Crippen molar-refractivity contribution in [3.8, 4) is 0 Å². The Balaban J connectivity index is 1.85. The molecule has 4 nitrogen and oxygen atoms in total. The van der Waals surface area contributed by atoms with E-state index < -0.39 is 9.84 Å². The molecule has 5 heteroatoms. The molecule has 0 saturated carbocycles. The van der Waals surface area contributed by atoms with Crippen LogP contribution in [0.4, 0.5) is 0 Å². The lowest BCUT2D eigenvalue weighted by Gasteiger charge is -2.06. The third-order valence-corrected chi connectivity index (χ3v) is 3.69. The molecule has 0 aliphatic rings. The number of nitrogens with one attached hydrogen (secondary N) is 1. The Bertz CT molecular complexity index is 637. The molecule has 0 aliphatic heterocycles. The highest BCUT2D eigenvalue weighted by Gasteiger charge is 2.04. The molecule has 106 valence electrons. The molecule has 0 fully saturated rings. The first-order chi connectivity index (χ1) is 9.53. The van der Waals surface area contributed by atoms with Crippen molar-refractivity contribution < 1.29 is 8.42 Å². The van der Waals surface area contributed by atoms with Crippen molar-refractivity contribution in [1.29, 1.82) is 0 Å².